The van der Waals surface area contributed by atoms with E-state index in [2.05, 4.69) is 0 Å². The van der Waals surface area contributed by atoms with E-state index in [9.17, 15) is 9.59 Å². The third kappa shape index (κ3) is 3.32. The largest absolute Gasteiger partial charge is 0.497 e. The van der Waals surface area contributed by atoms with Crippen LogP contribution in [0.15, 0.2) is 36.4 Å². The Labute approximate surface area is 139 Å². The average molecular weight is 330 g/mol. The summed E-state index contributed by atoms with van der Waals surface area (Å²) in [6, 6.07) is 9.36. The molecule has 2 aromatic carbocycles. The Morgan fingerprint density at radius 1 is 0.625 bits per heavy atom. The summed E-state index contributed by atoms with van der Waals surface area (Å²) in [4.78, 5) is 25.4. The van der Waals surface area contributed by atoms with Crippen LogP contribution in [0.1, 0.15) is 20.7 Å². The Bertz CT molecular complexity index is 701. The molecule has 2 aromatic rings. The van der Waals surface area contributed by atoms with Crippen molar-refractivity contribution in [2.24, 2.45) is 0 Å². The molecule has 0 amide bonds. The van der Waals surface area contributed by atoms with E-state index in [4.69, 9.17) is 18.9 Å². The Balaban J connectivity index is 2.49. The van der Waals surface area contributed by atoms with Crippen molar-refractivity contribution in [3.8, 4) is 23.0 Å². The predicted octanol–water partition coefficient (Wildman–Crippen LogP) is 2.79. The highest BCUT2D eigenvalue weighted by atomic mass is 16.5. The molecule has 0 radical (unpaired) electrons. The van der Waals surface area contributed by atoms with Gasteiger partial charge in [0.15, 0.2) is 0 Å². The molecule has 0 N–H and O–H groups in total. The van der Waals surface area contributed by atoms with Crippen LogP contribution in [0.2, 0.25) is 0 Å². The zero-order valence-corrected chi connectivity index (χ0v) is 13.9. The molecular weight excluding hydrogens is 312 g/mol. The Kier molecular flexibility index (Phi) is 5.42. The van der Waals surface area contributed by atoms with E-state index in [-0.39, 0.29) is 22.6 Å². The van der Waals surface area contributed by atoms with Crippen molar-refractivity contribution in [2.45, 2.75) is 0 Å². The van der Waals surface area contributed by atoms with Crippen molar-refractivity contribution < 1.29 is 28.5 Å². The summed E-state index contributed by atoms with van der Waals surface area (Å²) in [7, 11) is 5.80. The van der Waals surface area contributed by atoms with Gasteiger partial charge in [-0.3, -0.25) is 9.59 Å². The van der Waals surface area contributed by atoms with Crippen LogP contribution in [-0.4, -0.2) is 40.0 Å². The fraction of sp³-hybridized carbons (Fsp3) is 0.222. The second-order valence-corrected chi connectivity index (χ2v) is 4.79. The number of hydrogen-bond donors (Lipinski definition) is 0. The summed E-state index contributed by atoms with van der Waals surface area (Å²) < 4.78 is 20.6. The number of ketones is 2. The molecule has 0 aliphatic heterocycles. The first-order chi connectivity index (χ1) is 11.5. The number of hydrogen-bond acceptors (Lipinski definition) is 6. The van der Waals surface area contributed by atoms with Gasteiger partial charge in [0.1, 0.15) is 23.0 Å². The summed E-state index contributed by atoms with van der Waals surface area (Å²) in [6.45, 7) is 0. The molecule has 0 atom stereocenters. The van der Waals surface area contributed by atoms with Gasteiger partial charge in [0.25, 0.3) is 0 Å². The standard InChI is InChI=1S/C18H18O6/c1-21-11-5-7-15(23-3)13(9-11)17(19)18(20)14-10-12(22-2)6-8-16(14)24-4/h5-10H,1-4H3. The number of carbonyl (C=O) groups excluding carboxylic acids is 2. The number of Topliss-reactive ketones (excluding diaryl/α,β-unsaturated/α-hetero) is 2. The van der Waals surface area contributed by atoms with Crippen molar-refractivity contribution in [3.05, 3.63) is 47.5 Å². The molecule has 0 aliphatic carbocycles. The lowest BCUT2D eigenvalue weighted by Crippen LogP contribution is -2.16. The van der Waals surface area contributed by atoms with E-state index in [0.717, 1.165) is 0 Å². The van der Waals surface area contributed by atoms with Crippen LogP contribution < -0.4 is 18.9 Å². The molecule has 0 spiro atoms. The quantitative estimate of drug-likeness (QED) is 0.574. The maximum absolute atomic E-state index is 12.7. The van der Waals surface area contributed by atoms with E-state index in [0.29, 0.717) is 11.5 Å². The number of benzene rings is 2. The van der Waals surface area contributed by atoms with Crippen LogP contribution in [-0.2, 0) is 0 Å². The molecule has 126 valence electrons. The van der Waals surface area contributed by atoms with Gasteiger partial charge in [-0.1, -0.05) is 0 Å². The lowest BCUT2D eigenvalue weighted by molar-refractivity contribution is 0.0813. The molecule has 6 nitrogen and oxygen atoms in total. The highest BCUT2D eigenvalue weighted by Gasteiger charge is 2.25. The van der Waals surface area contributed by atoms with Crippen LogP contribution in [0.25, 0.3) is 0 Å². The lowest BCUT2D eigenvalue weighted by Gasteiger charge is -2.11. The van der Waals surface area contributed by atoms with Gasteiger partial charge in [-0.2, -0.15) is 0 Å². The smallest absolute Gasteiger partial charge is 0.237 e. The van der Waals surface area contributed by atoms with Crippen molar-refractivity contribution in [1.29, 1.82) is 0 Å². The highest BCUT2D eigenvalue weighted by Crippen LogP contribution is 2.29. The molecule has 0 aromatic heterocycles. The second-order valence-electron chi connectivity index (χ2n) is 4.79. The minimum atomic E-state index is -0.725. The molecule has 0 unspecified atom stereocenters. The molecule has 0 heterocycles. The van der Waals surface area contributed by atoms with Crippen molar-refractivity contribution >= 4 is 11.6 Å². The normalized spacial score (nSPS) is 10.0. The van der Waals surface area contributed by atoms with E-state index < -0.39 is 11.6 Å². The summed E-state index contributed by atoms with van der Waals surface area (Å²) in [6.07, 6.45) is 0. The Morgan fingerprint density at radius 2 is 1.00 bits per heavy atom. The fourth-order valence-electron chi connectivity index (χ4n) is 2.23. The van der Waals surface area contributed by atoms with E-state index >= 15 is 0 Å². The van der Waals surface area contributed by atoms with Gasteiger partial charge in [0, 0.05) is 0 Å². The van der Waals surface area contributed by atoms with E-state index in [1.807, 2.05) is 0 Å². The Hall–Kier alpha value is -3.02. The zero-order chi connectivity index (χ0) is 17.7. The van der Waals surface area contributed by atoms with Gasteiger partial charge in [-0.15, -0.1) is 0 Å². The molecule has 0 saturated heterocycles. The third-order valence-corrected chi connectivity index (χ3v) is 3.51. The van der Waals surface area contributed by atoms with Crippen LogP contribution in [0.3, 0.4) is 0 Å². The van der Waals surface area contributed by atoms with Crippen LogP contribution in [0.4, 0.5) is 0 Å². The number of methoxy groups -OCH3 is 4. The van der Waals surface area contributed by atoms with Gasteiger partial charge >= 0.3 is 0 Å². The first kappa shape index (κ1) is 17.3. The fourth-order valence-corrected chi connectivity index (χ4v) is 2.23. The molecule has 24 heavy (non-hydrogen) atoms. The van der Waals surface area contributed by atoms with Gasteiger partial charge in [0.2, 0.25) is 11.6 Å². The van der Waals surface area contributed by atoms with Crippen molar-refractivity contribution in [2.75, 3.05) is 28.4 Å². The molecular formula is C18H18O6. The second kappa shape index (κ2) is 7.50. The summed E-state index contributed by atoms with van der Waals surface area (Å²) in [5.41, 5.74) is 0.235. The summed E-state index contributed by atoms with van der Waals surface area (Å²) in [5, 5.41) is 0. The van der Waals surface area contributed by atoms with Crippen LogP contribution in [0, 0.1) is 0 Å². The summed E-state index contributed by atoms with van der Waals surface area (Å²) in [5.74, 6) is 0.0238. The third-order valence-electron chi connectivity index (χ3n) is 3.51. The number of rotatable bonds is 7. The molecule has 0 saturated carbocycles. The Morgan fingerprint density at radius 3 is 1.29 bits per heavy atom. The topological polar surface area (TPSA) is 71.1 Å². The van der Waals surface area contributed by atoms with Gasteiger partial charge in [-0.25, -0.2) is 0 Å². The van der Waals surface area contributed by atoms with Gasteiger partial charge in [-0.05, 0) is 36.4 Å². The molecule has 0 bridgehead atoms. The predicted molar refractivity (Wildman–Crippen MR) is 87.8 cm³/mol. The van der Waals surface area contributed by atoms with Crippen molar-refractivity contribution in [1.82, 2.24) is 0 Å². The van der Waals surface area contributed by atoms with Gasteiger partial charge < -0.3 is 18.9 Å². The maximum Gasteiger partial charge on any atom is 0.237 e. The van der Waals surface area contributed by atoms with Crippen LogP contribution in [0.5, 0.6) is 23.0 Å². The minimum Gasteiger partial charge on any atom is -0.497 e. The van der Waals surface area contributed by atoms with E-state index in [1.165, 1.54) is 40.6 Å². The molecule has 0 aliphatic rings. The molecule has 2 rings (SSSR count). The highest BCUT2D eigenvalue weighted by molar-refractivity contribution is 6.50. The number of ether oxygens (including phenoxy) is 4. The first-order valence-electron chi connectivity index (χ1n) is 7.08. The molecule has 0 fully saturated rings. The maximum atomic E-state index is 12.7. The van der Waals surface area contributed by atoms with Crippen LogP contribution >= 0.6 is 0 Å². The average Bonchev–Trinajstić information content (AvgIpc) is 2.65. The van der Waals surface area contributed by atoms with Gasteiger partial charge in [0.05, 0.1) is 39.6 Å². The SMILES string of the molecule is COc1ccc(OC)c(C(=O)C(=O)c2cc(OC)ccc2OC)c1. The van der Waals surface area contributed by atoms with Crippen molar-refractivity contribution in [3.63, 3.8) is 0 Å². The minimum absolute atomic E-state index is 0.117. The zero-order valence-electron chi connectivity index (χ0n) is 13.9. The summed E-state index contributed by atoms with van der Waals surface area (Å²) >= 11 is 0. The first-order valence-corrected chi connectivity index (χ1v) is 7.08. The number of carbonyl (C=O) groups is 2. The molecule has 6 heteroatoms. The van der Waals surface area contributed by atoms with E-state index in [1.54, 1.807) is 24.3 Å². The monoisotopic (exact) mass is 330 g/mol. The lowest BCUT2D eigenvalue weighted by atomic mass is 9.99.